The Morgan fingerprint density at radius 2 is 2.25 bits per heavy atom. The first-order valence-electron chi connectivity index (χ1n) is 6.57. The van der Waals surface area contributed by atoms with Crippen molar-refractivity contribution in [2.75, 3.05) is 0 Å². The second-order valence-corrected chi connectivity index (χ2v) is 4.95. The minimum atomic E-state index is 0.389. The van der Waals surface area contributed by atoms with E-state index in [0.717, 1.165) is 13.0 Å². The van der Waals surface area contributed by atoms with Gasteiger partial charge in [0.2, 0.25) is 0 Å². The molecule has 0 aliphatic heterocycles. The number of aryl methyl sites for hydroxylation is 1. The van der Waals surface area contributed by atoms with E-state index < -0.39 is 0 Å². The molecule has 1 saturated carbocycles. The lowest BCUT2D eigenvalue weighted by atomic mass is 9.83. The van der Waals surface area contributed by atoms with Gasteiger partial charge >= 0.3 is 0 Å². The van der Waals surface area contributed by atoms with Crippen LogP contribution in [-0.4, -0.2) is 15.6 Å². The summed E-state index contributed by atoms with van der Waals surface area (Å²) in [6, 6.07) is 0.389. The van der Waals surface area contributed by atoms with Gasteiger partial charge in [0.1, 0.15) is 5.82 Å². The van der Waals surface area contributed by atoms with E-state index in [-0.39, 0.29) is 0 Å². The number of hydrogen-bond acceptors (Lipinski definition) is 2. The van der Waals surface area contributed by atoms with E-state index in [9.17, 15) is 0 Å². The molecule has 0 aromatic carbocycles. The molecule has 3 nitrogen and oxygen atoms in total. The third kappa shape index (κ3) is 2.64. The molecule has 90 valence electrons. The van der Waals surface area contributed by atoms with Gasteiger partial charge in [0.15, 0.2) is 0 Å². The van der Waals surface area contributed by atoms with Gasteiger partial charge in [0.25, 0.3) is 0 Å². The van der Waals surface area contributed by atoms with Crippen LogP contribution in [0.4, 0.5) is 0 Å². The van der Waals surface area contributed by atoms with Crippen LogP contribution in [0.2, 0.25) is 0 Å². The van der Waals surface area contributed by atoms with Crippen LogP contribution < -0.4 is 5.73 Å². The summed E-state index contributed by atoms with van der Waals surface area (Å²) in [6.45, 7) is 3.29. The molecule has 1 heterocycles. The van der Waals surface area contributed by atoms with Crippen molar-refractivity contribution >= 4 is 0 Å². The van der Waals surface area contributed by atoms with Gasteiger partial charge in [-0.25, -0.2) is 4.98 Å². The van der Waals surface area contributed by atoms with Gasteiger partial charge in [0.05, 0.1) is 0 Å². The van der Waals surface area contributed by atoms with E-state index in [0.29, 0.717) is 12.0 Å². The van der Waals surface area contributed by atoms with Crippen molar-refractivity contribution in [3.63, 3.8) is 0 Å². The number of rotatable bonds is 4. The molecule has 1 fully saturated rings. The van der Waals surface area contributed by atoms with E-state index in [4.69, 9.17) is 5.73 Å². The second kappa shape index (κ2) is 5.48. The lowest BCUT2D eigenvalue weighted by Gasteiger charge is -2.28. The zero-order chi connectivity index (χ0) is 11.4. The van der Waals surface area contributed by atoms with E-state index in [2.05, 4.69) is 22.7 Å². The number of aromatic nitrogens is 2. The highest BCUT2D eigenvalue weighted by atomic mass is 15.1. The molecule has 1 aromatic rings. The SMILES string of the molecule is CCCn1ccnc1CC1CCCCC1N. The molecule has 0 amide bonds. The van der Waals surface area contributed by atoms with Crippen LogP contribution in [0.25, 0.3) is 0 Å². The molecule has 0 radical (unpaired) electrons. The van der Waals surface area contributed by atoms with Crippen LogP contribution >= 0.6 is 0 Å². The van der Waals surface area contributed by atoms with Gasteiger partial charge in [-0.15, -0.1) is 0 Å². The van der Waals surface area contributed by atoms with E-state index >= 15 is 0 Å². The van der Waals surface area contributed by atoms with Crippen LogP contribution in [0.1, 0.15) is 44.9 Å². The summed E-state index contributed by atoms with van der Waals surface area (Å²) in [6.07, 6.45) is 11.4. The number of nitrogens with two attached hydrogens (primary N) is 1. The molecule has 1 aliphatic carbocycles. The Morgan fingerprint density at radius 3 is 3.00 bits per heavy atom. The fourth-order valence-electron chi connectivity index (χ4n) is 2.70. The third-order valence-corrected chi connectivity index (χ3v) is 3.68. The monoisotopic (exact) mass is 221 g/mol. The molecule has 2 unspecified atom stereocenters. The van der Waals surface area contributed by atoms with Crippen molar-refractivity contribution in [1.29, 1.82) is 0 Å². The molecule has 2 N–H and O–H groups in total. The van der Waals surface area contributed by atoms with E-state index in [1.807, 2.05) is 6.20 Å². The molecule has 2 atom stereocenters. The highest BCUT2D eigenvalue weighted by Crippen LogP contribution is 2.25. The Morgan fingerprint density at radius 1 is 1.44 bits per heavy atom. The molecule has 1 aliphatic rings. The Balaban J connectivity index is 1.99. The zero-order valence-corrected chi connectivity index (χ0v) is 10.2. The molecular formula is C13H23N3. The fourth-order valence-corrected chi connectivity index (χ4v) is 2.70. The number of hydrogen-bond donors (Lipinski definition) is 1. The Kier molecular flexibility index (Phi) is 3.99. The van der Waals surface area contributed by atoms with Gasteiger partial charge in [-0.3, -0.25) is 0 Å². The molecular weight excluding hydrogens is 198 g/mol. The Hall–Kier alpha value is -0.830. The standard InChI is InChI=1S/C13H23N3/c1-2-8-16-9-7-15-13(16)10-11-5-3-4-6-12(11)14/h7,9,11-12H,2-6,8,10,14H2,1H3. The number of nitrogens with zero attached hydrogens (tertiary/aromatic N) is 2. The van der Waals surface area contributed by atoms with E-state index in [1.165, 1.54) is 37.9 Å². The highest BCUT2D eigenvalue weighted by molar-refractivity contribution is 4.96. The summed E-state index contributed by atoms with van der Waals surface area (Å²) < 4.78 is 2.28. The van der Waals surface area contributed by atoms with Crippen LogP contribution in [0.15, 0.2) is 12.4 Å². The molecule has 0 saturated heterocycles. The molecule has 3 heteroatoms. The van der Waals surface area contributed by atoms with Crippen LogP contribution in [-0.2, 0) is 13.0 Å². The summed E-state index contributed by atoms with van der Waals surface area (Å²) in [5.74, 6) is 1.87. The summed E-state index contributed by atoms with van der Waals surface area (Å²) >= 11 is 0. The maximum atomic E-state index is 6.18. The van der Waals surface area contributed by atoms with Crippen molar-refractivity contribution in [3.8, 4) is 0 Å². The minimum Gasteiger partial charge on any atom is -0.335 e. The molecule has 1 aromatic heterocycles. The smallest absolute Gasteiger partial charge is 0.108 e. The summed E-state index contributed by atoms with van der Waals surface area (Å²) in [5.41, 5.74) is 6.18. The van der Waals surface area contributed by atoms with Crippen molar-refractivity contribution < 1.29 is 0 Å². The fraction of sp³-hybridized carbons (Fsp3) is 0.769. The average Bonchev–Trinajstić information content (AvgIpc) is 2.70. The Labute approximate surface area is 98.1 Å². The molecule has 0 spiro atoms. The largest absolute Gasteiger partial charge is 0.335 e. The average molecular weight is 221 g/mol. The van der Waals surface area contributed by atoms with Crippen molar-refractivity contribution in [2.45, 2.75) is 58.0 Å². The van der Waals surface area contributed by atoms with Crippen molar-refractivity contribution in [2.24, 2.45) is 11.7 Å². The first-order valence-corrected chi connectivity index (χ1v) is 6.57. The minimum absolute atomic E-state index is 0.389. The number of imidazole rings is 1. The third-order valence-electron chi connectivity index (χ3n) is 3.68. The van der Waals surface area contributed by atoms with Crippen LogP contribution in [0, 0.1) is 5.92 Å². The van der Waals surface area contributed by atoms with Gasteiger partial charge < -0.3 is 10.3 Å². The van der Waals surface area contributed by atoms with Crippen LogP contribution in [0.3, 0.4) is 0 Å². The van der Waals surface area contributed by atoms with Gasteiger partial charge in [-0.1, -0.05) is 19.8 Å². The van der Waals surface area contributed by atoms with E-state index in [1.54, 1.807) is 0 Å². The lowest BCUT2D eigenvalue weighted by molar-refractivity contribution is 0.299. The normalized spacial score (nSPS) is 25.9. The highest BCUT2D eigenvalue weighted by Gasteiger charge is 2.23. The first-order chi connectivity index (χ1) is 7.81. The van der Waals surface area contributed by atoms with Gasteiger partial charge in [-0.05, 0) is 25.2 Å². The predicted molar refractivity (Wildman–Crippen MR) is 66.2 cm³/mol. The summed E-state index contributed by atoms with van der Waals surface area (Å²) in [7, 11) is 0. The Bertz CT molecular complexity index is 319. The zero-order valence-electron chi connectivity index (χ0n) is 10.2. The summed E-state index contributed by atoms with van der Waals surface area (Å²) in [5, 5.41) is 0. The van der Waals surface area contributed by atoms with Gasteiger partial charge in [0, 0.05) is 31.4 Å². The maximum absolute atomic E-state index is 6.18. The maximum Gasteiger partial charge on any atom is 0.108 e. The lowest BCUT2D eigenvalue weighted by Crippen LogP contribution is -2.34. The quantitative estimate of drug-likeness (QED) is 0.848. The van der Waals surface area contributed by atoms with Crippen molar-refractivity contribution in [3.05, 3.63) is 18.2 Å². The van der Waals surface area contributed by atoms with Gasteiger partial charge in [-0.2, -0.15) is 0 Å². The topological polar surface area (TPSA) is 43.8 Å². The molecule has 0 bridgehead atoms. The second-order valence-electron chi connectivity index (χ2n) is 4.95. The first kappa shape index (κ1) is 11.6. The summed E-state index contributed by atoms with van der Waals surface area (Å²) in [4.78, 5) is 4.47. The molecule has 16 heavy (non-hydrogen) atoms. The van der Waals surface area contributed by atoms with Crippen molar-refractivity contribution in [1.82, 2.24) is 9.55 Å². The van der Waals surface area contributed by atoms with Crippen LogP contribution in [0.5, 0.6) is 0 Å². The molecule has 2 rings (SSSR count). The predicted octanol–water partition coefficient (Wildman–Crippen LogP) is 2.35.